The van der Waals surface area contributed by atoms with Gasteiger partial charge < -0.3 is 4.74 Å². The maximum Gasteiger partial charge on any atom is 0.429 e. The lowest BCUT2D eigenvalue weighted by Crippen LogP contribution is -2.31. The van der Waals surface area contributed by atoms with E-state index < -0.39 is 18.2 Å². The van der Waals surface area contributed by atoms with E-state index in [4.69, 9.17) is 0 Å². The summed E-state index contributed by atoms with van der Waals surface area (Å²) in [6.07, 6.45) is -2.34. The van der Waals surface area contributed by atoms with Gasteiger partial charge in [-0.3, -0.25) is 9.78 Å². The number of carbonyl (C=O) groups is 1. The Labute approximate surface area is 102 Å². The predicted molar refractivity (Wildman–Crippen MR) is 56.5 cm³/mol. The van der Waals surface area contributed by atoms with Crippen LogP contribution in [0.3, 0.4) is 0 Å². The van der Waals surface area contributed by atoms with Gasteiger partial charge in [-0.2, -0.15) is 13.2 Å². The molecular weight excluding hydrogens is 247 g/mol. The van der Waals surface area contributed by atoms with Crippen LogP contribution in [0.15, 0.2) is 24.5 Å². The van der Waals surface area contributed by atoms with Crippen molar-refractivity contribution in [2.45, 2.75) is 31.5 Å². The molecule has 0 bridgehead atoms. The fourth-order valence-corrected chi connectivity index (χ4v) is 1.71. The molecule has 1 aromatic heterocycles. The highest BCUT2D eigenvalue weighted by atomic mass is 19.4. The average Bonchev–Trinajstić information content (AvgIpc) is 2.23. The zero-order valence-corrected chi connectivity index (χ0v) is 9.48. The van der Waals surface area contributed by atoms with Gasteiger partial charge in [0, 0.05) is 18.0 Å². The Bertz CT molecular complexity index is 415. The lowest BCUT2D eigenvalue weighted by molar-refractivity contribution is -0.227. The van der Waals surface area contributed by atoms with Gasteiger partial charge in [0.15, 0.2) is 0 Å². The van der Waals surface area contributed by atoms with Crippen LogP contribution >= 0.6 is 0 Å². The van der Waals surface area contributed by atoms with Crippen molar-refractivity contribution in [1.29, 1.82) is 0 Å². The molecule has 1 aliphatic carbocycles. The summed E-state index contributed by atoms with van der Waals surface area (Å²) in [4.78, 5) is 15.1. The van der Waals surface area contributed by atoms with E-state index in [0.717, 1.165) is 12.6 Å². The highest BCUT2D eigenvalue weighted by Gasteiger charge is 2.45. The second kappa shape index (κ2) is 4.96. The normalized spacial score (nSPS) is 17.9. The Balaban J connectivity index is 2.13. The Morgan fingerprint density at radius 2 is 2.17 bits per heavy atom. The van der Waals surface area contributed by atoms with Gasteiger partial charge in [0.2, 0.25) is 6.10 Å². The second-order valence-electron chi connectivity index (χ2n) is 4.27. The number of rotatable bonds is 3. The average molecular weight is 259 g/mol. The molecule has 1 fully saturated rings. The van der Waals surface area contributed by atoms with Gasteiger partial charge in [0.05, 0.1) is 5.92 Å². The number of aromatic nitrogens is 1. The number of halogens is 3. The summed E-state index contributed by atoms with van der Waals surface area (Å²) in [5, 5.41) is 0. The molecule has 0 aromatic carbocycles. The molecule has 0 spiro atoms. The second-order valence-corrected chi connectivity index (χ2v) is 4.27. The maximum atomic E-state index is 12.8. The van der Waals surface area contributed by atoms with Crippen molar-refractivity contribution in [2.24, 2.45) is 5.92 Å². The van der Waals surface area contributed by atoms with Crippen LogP contribution in [0.5, 0.6) is 0 Å². The summed E-state index contributed by atoms with van der Waals surface area (Å²) in [5.74, 6) is -1.15. The number of carbonyl (C=O) groups excluding carboxylic acids is 1. The van der Waals surface area contributed by atoms with Crippen LogP contribution in [0, 0.1) is 5.92 Å². The van der Waals surface area contributed by atoms with Gasteiger partial charge in [-0.05, 0) is 18.9 Å². The predicted octanol–water partition coefficient (Wildman–Crippen LogP) is 3.03. The maximum absolute atomic E-state index is 12.8. The van der Waals surface area contributed by atoms with E-state index in [2.05, 4.69) is 9.72 Å². The molecule has 6 heteroatoms. The van der Waals surface area contributed by atoms with Gasteiger partial charge in [-0.25, -0.2) is 0 Å². The third-order valence-corrected chi connectivity index (χ3v) is 2.96. The molecule has 0 saturated heterocycles. The van der Waals surface area contributed by atoms with Gasteiger partial charge in [-0.15, -0.1) is 0 Å². The minimum Gasteiger partial charge on any atom is -0.447 e. The van der Waals surface area contributed by atoms with Gasteiger partial charge in [0.25, 0.3) is 0 Å². The van der Waals surface area contributed by atoms with Gasteiger partial charge in [-0.1, -0.05) is 12.5 Å². The zero-order valence-electron chi connectivity index (χ0n) is 9.48. The van der Waals surface area contributed by atoms with E-state index >= 15 is 0 Å². The first-order chi connectivity index (χ1) is 8.48. The molecule has 1 atom stereocenters. The Kier molecular flexibility index (Phi) is 3.54. The molecule has 2 rings (SSSR count). The number of nitrogens with zero attached hydrogens (tertiary/aromatic N) is 1. The smallest absolute Gasteiger partial charge is 0.429 e. The van der Waals surface area contributed by atoms with Crippen molar-refractivity contribution in [3.8, 4) is 0 Å². The molecule has 1 aromatic rings. The van der Waals surface area contributed by atoms with E-state index in [1.807, 2.05) is 0 Å². The molecule has 1 saturated carbocycles. The van der Waals surface area contributed by atoms with Gasteiger partial charge in [0.1, 0.15) is 0 Å². The van der Waals surface area contributed by atoms with Crippen LogP contribution < -0.4 is 0 Å². The fourth-order valence-electron chi connectivity index (χ4n) is 1.71. The van der Waals surface area contributed by atoms with Crippen molar-refractivity contribution in [3.63, 3.8) is 0 Å². The van der Waals surface area contributed by atoms with E-state index in [1.54, 1.807) is 0 Å². The Hall–Kier alpha value is -1.59. The van der Waals surface area contributed by atoms with Crippen molar-refractivity contribution in [1.82, 2.24) is 4.98 Å². The lowest BCUT2D eigenvalue weighted by atomic mass is 9.85. The van der Waals surface area contributed by atoms with Crippen molar-refractivity contribution in [2.75, 3.05) is 0 Å². The molecule has 0 radical (unpaired) electrons. The monoisotopic (exact) mass is 259 g/mol. The molecule has 98 valence electrons. The summed E-state index contributed by atoms with van der Waals surface area (Å²) in [5.41, 5.74) is -0.155. The summed E-state index contributed by atoms with van der Waals surface area (Å²) < 4.78 is 43.1. The van der Waals surface area contributed by atoms with Crippen LogP contribution in [0.25, 0.3) is 0 Å². The highest BCUT2D eigenvalue weighted by molar-refractivity contribution is 5.73. The molecular formula is C12H12F3NO2. The van der Waals surface area contributed by atoms with Crippen molar-refractivity contribution >= 4 is 5.97 Å². The van der Waals surface area contributed by atoms with Gasteiger partial charge >= 0.3 is 12.1 Å². The van der Waals surface area contributed by atoms with E-state index in [1.165, 1.54) is 18.3 Å². The Morgan fingerprint density at radius 1 is 1.44 bits per heavy atom. The summed E-state index contributed by atoms with van der Waals surface area (Å²) in [6, 6.07) is 2.63. The molecule has 0 N–H and O–H groups in total. The topological polar surface area (TPSA) is 39.2 Å². The van der Waals surface area contributed by atoms with Crippen molar-refractivity contribution < 1.29 is 22.7 Å². The number of hydrogen-bond acceptors (Lipinski definition) is 3. The molecule has 18 heavy (non-hydrogen) atoms. The molecule has 1 heterocycles. The SMILES string of the molecule is O=C(O[C@@H](c1cccnc1)C(F)(F)F)C1CCC1. The number of hydrogen-bond donors (Lipinski definition) is 0. The van der Waals surface area contributed by atoms with E-state index in [0.29, 0.717) is 12.8 Å². The number of esters is 1. The van der Waals surface area contributed by atoms with Crippen LogP contribution in [0.1, 0.15) is 30.9 Å². The number of ether oxygens (including phenoxy) is 1. The molecule has 3 nitrogen and oxygen atoms in total. The van der Waals surface area contributed by atoms with Crippen molar-refractivity contribution in [3.05, 3.63) is 30.1 Å². The molecule has 0 unspecified atom stereocenters. The third-order valence-electron chi connectivity index (χ3n) is 2.96. The molecule has 1 aliphatic rings. The first-order valence-electron chi connectivity index (χ1n) is 5.65. The fraction of sp³-hybridized carbons (Fsp3) is 0.500. The summed E-state index contributed by atoms with van der Waals surface area (Å²) >= 11 is 0. The van der Waals surface area contributed by atoms with E-state index in [9.17, 15) is 18.0 Å². The largest absolute Gasteiger partial charge is 0.447 e. The lowest BCUT2D eigenvalue weighted by Gasteiger charge is -2.27. The Morgan fingerprint density at radius 3 is 2.61 bits per heavy atom. The third kappa shape index (κ3) is 2.80. The number of alkyl halides is 3. The molecule has 0 aliphatic heterocycles. The zero-order chi connectivity index (χ0) is 13.2. The summed E-state index contributed by atoms with van der Waals surface area (Å²) in [6.45, 7) is 0. The first-order valence-corrected chi connectivity index (χ1v) is 5.65. The quantitative estimate of drug-likeness (QED) is 0.783. The van der Waals surface area contributed by atoms with Crippen LogP contribution in [-0.2, 0) is 9.53 Å². The first kappa shape index (κ1) is 12.9. The number of pyridine rings is 1. The van der Waals surface area contributed by atoms with Crippen LogP contribution in [-0.4, -0.2) is 17.1 Å². The van der Waals surface area contributed by atoms with Crippen LogP contribution in [0.4, 0.5) is 13.2 Å². The minimum atomic E-state index is -4.62. The standard InChI is InChI=1S/C12H12F3NO2/c13-12(14,15)10(9-5-2-6-16-7-9)18-11(17)8-3-1-4-8/h2,5-8,10H,1,3-4H2/t10-/m0/s1. The summed E-state index contributed by atoms with van der Waals surface area (Å²) in [7, 11) is 0. The molecule has 0 amide bonds. The van der Waals surface area contributed by atoms with E-state index in [-0.39, 0.29) is 11.5 Å². The van der Waals surface area contributed by atoms with Crippen LogP contribution in [0.2, 0.25) is 0 Å². The minimum absolute atomic E-state index is 0.155. The highest BCUT2D eigenvalue weighted by Crippen LogP contribution is 2.38.